The Kier molecular flexibility index (Phi) is 7.11. The summed E-state index contributed by atoms with van der Waals surface area (Å²) in [4.78, 5) is 22.4. The predicted molar refractivity (Wildman–Crippen MR) is 83.0 cm³/mol. The van der Waals surface area contributed by atoms with Crippen molar-refractivity contribution in [3.05, 3.63) is 28.3 Å². The van der Waals surface area contributed by atoms with Gasteiger partial charge >= 0.3 is 5.69 Å². The van der Waals surface area contributed by atoms with Gasteiger partial charge in [0, 0.05) is 11.8 Å². The van der Waals surface area contributed by atoms with Gasteiger partial charge in [-0.1, -0.05) is 13.3 Å². The second-order valence-corrected chi connectivity index (χ2v) is 4.77. The van der Waals surface area contributed by atoms with Gasteiger partial charge in [-0.05, 0) is 25.5 Å². The lowest BCUT2D eigenvalue weighted by atomic mass is 9.96. The van der Waals surface area contributed by atoms with Crippen molar-refractivity contribution in [2.45, 2.75) is 32.2 Å². The van der Waals surface area contributed by atoms with E-state index >= 15 is 0 Å². The fourth-order valence-electron chi connectivity index (χ4n) is 1.82. The third-order valence-electron chi connectivity index (χ3n) is 2.92. The average molecular weight is 318 g/mol. The zero-order chi connectivity index (χ0) is 15.3. The molecule has 1 aromatic rings. The minimum atomic E-state index is -1.01. The maximum Gasteiger partial charge on any atom is 0.312 e. The van der Waals surface area contributed by atoms with Crippen LogP contribution in [-0.4, -0.2) is 23.5 Å². The highest BCUT2D eigenvalue weighted by atomic mass is 35.5. The maximum absolute atomic E-state index is 12.0. The van der Waals surface area contributed by atoms with Crippen molar-refractivity contribution >= 4 is 29.7 Å². The number of benzene rings is 1. The first-order valence-electron chi connectivity index (χ1n) is 6.24. The first-order valence-corrected chi connectivity index (χ1v) is 6.24. The average Bonchev–Trinajstić information content (AvgIpc) is 2.38. The highest BCUT2D eigenvalue weighted by molar-refractivity contribution is 5.97. The van der Waals surface area contributed by atoms with Crippen molar-refractivity contribution < 1.29 is 14.5 Å². The molecule has 7 nitrogen and oxygen atoms in total. The number of carbonyl (C=O) groups excluding carboxylic acids is 1. The quantitative estimate of drug-likeness (QED) is 0.619. The summed E-state index contributed by atoms with van der Waals surface area (Å²) in [5.41, 5.74) is 5.00. The molecule has 1 rings (SSSR count). The molecular formula is C13H20ClN3O4. The van der Waals surface area contributed by atoms with Crippen molar-refractivity contribution in [2.75, 3.05) is 12.4 Å². The van der Waals surface area contributed by atoms with Gasteiger partial charge in [0.25, 0.3) is 0 Å². The predicted octanol–water partition coefficient (Wildman–Crippen LogP) is 2.48. The molecule has 1 amide bonds. The zero-order valence-electron chi connectivity index (χ0n) is 12.2. The number of nitro benzene ring substituents is 1. The van der Waals surface area contributed by atoms with Gasteiger partial charge in [0.05, 0.1) is 17.6 Å². The Balaban J connectivity index is 0.00000400. The monoisotopic (exact) mass is 317 g/mol. The number of anilines is 1. The van der Waals surface area contributed by atoms with Gasteiger partial charge in [0.1, 0.15) is 0 Å². The highest BCUT2D eigenvalue weighted by Crippen LogP contribution is 2.30. The number of nitrogens with two attached hydrogens (primary N) is 1. The molecule has 0 fully saturated rings. The topological polar surface area (TPSA) is 107 Å². The van der Waals surface area contributed by atoms with Crippen molar-refractivity contribution in [1.82, 2.24) is 0 Å². The van der Waals surface area contributed by atoms with E-state index in [0.717, 1.165) is 6.42 Å². The van der Waals surface area contributed by atoms with Crippen LogP contribution in [0.25, 0.3) is 0 Å². The van der Waals surface area contributed by atoms with Crippen molar-refractivity contribution in [1.29, 1.82) is 0 Å². The minimum absolute atomic E-state index is 0. The number of carbonyl (C=O) groups is 1. The molecule has 1 aromatic carbocycles. The molecule has 0 bridgehead atoms. The second kappa shape index (κ2) is 7.80. The second-order valence-electron chi connectivity index (χ2n) is 4.77. The molecule has 0 radical (unpaired) electrons. The molecule has 8 heteroatoms. The van der Waals surface area contributed by atoms with Gasteiger partial charge < -0.3 is 15.8 Å². The molecule has 1 atom stereocenters. The molecule has 0 heterocycles. The zero-order valence-corrected chi connectivity index (χ0v) is 13.0. The Morgan fingerprint density at radius 2 is 2.14 bits per heavy atom. The van der Waals surface area contributed by atoms with E-state index in [1.54, 1.807) is 6.92 Å². The van der Waals surface area contributed by atoms with Crippen LogP contribution >= 0.6 is 12.4 Å². The Labute approximate surface area is 129 Å². The van der Waals surface area contributed by atoms with Gasteiger partial charge in [-0.15, -0.1) is 12.4 Å². The summed E-state index contributed by atoms with van der Waals surface area (Å²) in [6.07, 6.45) is 1.29. The summed E-state index contributed by atoms with van der Waals surface area (Å²) in [6, 6.07) is 4.21. The molecule has 0 saturated carbocycles. The number of rotatable bonds is 6. The van der Waals surface area contributed by atoms with Crippen LogP contribution in [0.15, 0.2) is 18.2 Å². The fourth-order valence-corrected chi connectivity index (χ4v) is 1.82. The van der Waals surface area contributed by atoms with Gasteiger partial charge in [0.2, 0.25) is 5.91 Å². The number of nitrogens with zero attached hydrogens (tertiary/aromatic N) is 1. The standard InChI is InChI=1S/C13H19N3O4.ClH/c1-4-7-13(2,14)12(17)15-9-5-6-11(20-3)10(8-9)16(18)19;/h5-6,8H,4,7,14H2,1-3H3,(H,15,17);1H. The maximum atomic E-state index is 12.0. The Morgan fingerprint density at radius 3 is 2.62 bits per heavy atom. The van der Waals surface area contributed by atoms with Crippen molar-refractivity contribution in [3.63, 3.8) is 0 Å². The van der Waals surface area contributed by atoms with Crippen LogP contribution in [0.5, 0.6) is 5.75 Å². The molecule has 0 aliphatic heterocycles. The molecule has 21 heavy (non-hydrogen) atoms. The van der Waals surface area contributed by atoms with Crippen LogP contribution in [0.1, 0.15) is 26.7 Å². The summed E-state index contributed by atoms with van der Waals surface area (Å²) in [5, 5.41) is 13.5. The van der Waals surface area contributed by atoms with E-state index in [1.807, 2.05) is 6.92 Å². The molecule has 1 unspecified atom stereocenters. The number of amides is 1. The number of nitro groups is 1. The van der Waals surface area contributed by atoms with Crippen LogP contribution in [0.3, 0.4) is 0 Å². The largest absolute Gasteiger partial charge is 0.490 e. The smallest absolute Gasteiger partial charge is 0.312 e. The highest BCUT2D eigenvalue weighted by Gasteiger charge is 2.27. The van der Waals surface area contributed by atoms with Crippen LogP contribution in [0, 0.1) is 10.1 Å². The van der Waals surface area contributed by atoms with Crippen molar-refractivity contribution in [2.24, 2.45) is 5.73 Å². The minimum Gasteiger partial charge on any atom is -0.490 e. The lowest BCUT2D eigenvalue weighted by Gasteiger charge is -2.22. The lowest BCUT2D eigenvalue weighted by Crippen LogP contribution is -2.48. The van der Waals surface area contributed by atoms with E-state index in [4.69, 9.17) is 10.5 Å². The van der Waals surface area contributed by atoms with Gasteiger partial charge in [0.15, 0.2) is 5.75 Å². The number of ether oxygens (including phenoxy) is 1. The Bertz CT molecular complexity index is 520. The summed E-state index contributed by atoms with van der Waals surface area (Å²) >= 11 is 0. The number of methoxy groups -OCH3 is 1. The summed E-state index contributed by atoms with van der Waals surface area (Å²) in [6.45, 7) is 3.56. The molecule has 0 aliphatic carbocycles. The SMILES string of the molecule is CCCC(C)(N)C(=O)Nc1ccc(OC)c([N+](=O)[O-])c1.Cl. The summed E-state index contributed by atoms with van der Waals surface area (Å²) in [7, 11) is 1.35. The summed E-state index contributed by atoms with van der Waals surface area (Å²) in [5.74, 6) is -0.240. The van der Waals surface area contributed by atoms with E-state index in [-0.39, 0.29) is 29.8 Å². The lowest BCUT2D eigenvalue weighted by molar-refractivity contribution is -0.385. The Morgan fingerprint density at radius 1 is 1.52 bits per heavy atom. The normalized spacial score (nSPS) is 12.8. The van der Waals surface area contributed by atoms with Crippen LogP contribution in [0.4, 0.5) is 11.4 Å². The third kappa shape index (κ3) is 4.87. The molecule has 0 aliphatic rings. The number of hydrogen-bond donors (Lipinski definition) is 2. The van der Waals surface area contributed by atoms with Crippen molar-refractivity contribution in [3.8, 4) is 5.75 Å². The van der Waals surface area contributed by atoms with Gasteiger partial charge in [-0.2, -0.15) is 0 Å². The van der Waals surface area contributed by atoms with Gasteiger partial charge in [-0.25, -0.2) is 0 Å². The number of nitrogens with one attached hydrogen (secondary N) is 1. The van der Waals surface area contributed by atoms with E-state index in [2.05, 4.69) is 5.32 Å². The van der Waals surface area contributed by atoms with Crippen LogP contribution < -0.4 is 15.8 Å². The fraction of sp³-hybridized carbons (Fsp3) is 0.462. The number of hydrogen-bond acceptors (Lipinski definition) is 5. The molecule has 0 saturated heterocycles. The molecular weight excluding hydrogens is 298 g/mol. The molecule has 0 spiro atoms. The van der Waals surface area contributed by atoms with E-state index < -0.39 is 10.5 Å². The molecule has 118 valence electrons. The molecule has 3 N–H and O–H groups in total. The van der Waals surface area contributed by atoms with Gasteiger partial charge in [-0.3, -0.25) is 14.9 Å². The van der Waals surface area contributed by atoms with Crippen LogP contribution in [-0.2, 0) is 4.79 Å². The third-order valence-corrected chi connectivity index (χ3v) is 2.92. The van der Waals surface area contributed by atoms with E-state index in [9.17, 15) is 14.9 Å². The first-order chi connectivity index (χ1) is 9.31. The number of halogens is 1. The van der Waals surface area contributed by atoms with Crippen LogP contribution in [0.2, 0.25) is 0 Å². The first kappa shape index (κ1) is 19.1. The Hall–Kier alpha value is -1.86. The van der Waals surface area contributed by atoms with E-state index in [1.165, 1.54) is 25.3 Å². The van der Waals surface area contributed by atoms with E-state index in [0.29, 0.717) is 12.1 Å². The summed E-state index contributed by atoms with van der Waals surface area (Å²) < 4.78 is 4.89. The molecule has 0 aromatic heterocycles.